The van der Waals surface area contributed by atoms with Gasteiger partial charge in [-0.3, -0.25) is 9.80 Å². The second-order valence-electron chi connectivity index (χ2n) is 12.8. The van der Waals surface area contributed by atoms with Crippen molar-refractivity contribution in [2.45, 2.75) is 44.6 Å². The maximum atomic E-state index is 12.4. The number of nitrogens with one attached hydrogen (secondary N) is 1. The topological polar surface area (TPSA) is 111 Å². The second kappa shape index (κ2) is 17.4. The number of likely N-dealkylation sites (N-methyl/N-ethyl adjacent to an activating group) is 2. The monoisotopic (exact) mass is 732 g/mol. The van der Waals surface area contributed by atoms with Crippen LogP contribution in [0.15, 0.2) is 71.4 Å². The summed E-state index contributed by atoms with van der Waals surface area (Å²) in [5.74, 6) is -2.76. The van der Waals surface area contributed by atoms with Gasteiger partial charge in [0.15, 0.2) is 0 Å². The number of nitrogens with zero attached hydrogens (tertiary/aromatic N) is 5. The molecule has 0 radical (unpaired) electrons. The van der Waals surface area contributed by atoms with Crippen molar-refractivity contribution >= 4 is 34.7 Å². The Morgan fingerprint density at radius 3 is 1.76 bits per heavy atom. The number of carbonyl (C=O) groups excluding carboxylic acids is 1. The summed E-state index contributed by atoms with van der Waals surface area (Å²) in [6.07, 6.45) is -5.33. The Morgan fingerprint density at radius 1 is 0.820 bits per heavy atom. The molecule has 270 valence electrons. The van der Waals surface area contributed by atoms with Crippen LogP contribution in [-0.2, 0) is 9.53 Å². The van der Waals surface area contributed by atoms with Gasteiger partial charge in [0.1, 0.15) is 15.6 Å². The standard InChI is InChI=1S/C19H25N3O2S.C14H17N3S.C2HF3O2/c1-19(2,3)24-18(23)22-11-10-21(4)16(12-22)17-20-15(13-25-17)14-8-6-5-7-9-14;1-17-8-7-15-9-13(17)14-16-12(10-18-14)11-5-3-2-4-6-11;3-2(4,5)1(6)7/h5-9,13,16H,10-12H2,1-4H3;2-6,10,13,15H,7-9H2,1H3;(H,6,7). The molecule has 2 aromatic heterocycles. The van der Waals surface area contributed by atoms with Gasteiger partial charge in [0.25, 0.3) is 0 Å². The lowest BCUT2D eigenvalue weighted by atomic mass is 10.1. The highest BCUT2D eigenvalue weighted by molar-refractivity contribution is 7.10. The summed E-state index contributed by atoms with van der Waals surface area (Å²) in [5.41, 5.74) is 3.93. The van der Waals surface area contributed by atoms with Gasteiger partial charge in [0.05, 0.1) is 23.5 Å². The number of amides is 1. The van der Waals surface area contributed by atoms with E-state index in [-0.39, 0.29) is 12.1 Å². The van der Waals surface area contributed by atoms with Crippen molar-refractivity contribution in [1.82, 2.24) is 30.0 Å². The van der Waals surface area contributed by atoms with Crippen LogP contribution in [0.1, 0.15) is 42.9 Å². The number of ether oxygens (including phenoxy) is 1. The molecule has 2 N–H and O–H groups in total. The fourth-order valence-corrected chi connectivity index (χ4v) is 7.06. The summed E-state index contributed by atoms with van der Waals surface area (Å²) in [6, 6.07) is 21.1. The molecule has 2 aliphatic rings. The highest BCUT2D eigenvalue weighted by Crippen LogP contribution is 2.31. The second-order valence-corrected chi connectivity index (χ2v) is 14.6. The zero-order valence-electron chi connectivity index (χ0n) is 28.7. The van der Waals surface area contributed by atoms with E-state index in [4.69, 9.17) is 24.6 Å². The largest absolute Gasteiger partial charge is 0.490 e. The van der Waals surface area contributed by atoms with E-state index in [2.05, 4.69) is 76.4 Å². The van der Waals surface area contributed by atoms with Gasteiger partial charge in [0, 0.05) is 61.2 Å². The Bertz CT molecular complexity index is 1660. The minimum atomic E-state index is -5.08. The van der Waals surface area contributed by atoms with E-state index in [1.807, 2.05) is 45.0 Å². The molecule has 0 spiro atoms. The molecule has 4 aromatic rings. The molecule has 2 aromatic carbocycles. The van der Waals surface area contributed by atoms with E-state index in [1.54, 1.807) is 27.6 Å². The Labute approximate surface area is 298 Å². The Kier molecular flexibility index (Phi) is 13.5. The zero-order chi connectivity index (χ0) is 36.5. The molecule has 2 aliphatic heterocycles. The zero-order valence-corrected chi connectivity index (χ0v) is 30.3. The molecule has 4 heterocycles. The van der Waals surface area contributed by atoms with Crippen molar-refractivity contribution in [1.29, 1.82) is 0 Å². The number of aliphatic carboxylic acids is 1. The van der Waals surface area contributed by atoms with Gasteiger partial charge in [0.2, 0.25) is 0 Å². The summed E-state index contributed by atoms with van der Waals surface area (Å²) in [4.78, 5) is 37.3. The van der Waals surface area contributed by atoms with Crippen molar-refractivity contribution in [2.75, 3.05) is 53.4 Å². The van der Waals surface area contributed by atoms with Gasteiger partial charge in [-0.25, -0.2) is 19.6 Å². The first kappa shape index (κ1) is 38.9. The summed E-state index contributed by atoms with van der Waals surface area (Å²) < 4.78 is 37.3. The van der Waals surface area contributed by atoms with E-state index in [9.17, 15) is 18.0 Å². The molecule has 0 saturated carbocycles. The number of alkyl halides is 3. The quantitative estimate of drug-likeness (QED) is 0.228. The Morgan fingerprint density at radius 2 is 1.30 bits per heavy atom. The van der Waals surface area contributed by atoms with Gasteiger partial charge in [-0.15, -0.1) is 22.7 Å². The summed E-state index contributed by atoms with van der Waals surface area (Å²) in [6.45, 7) is 10.9. The number of hydrogen-bond donors (Lipinski definition) is 2. The number of hydrogen-bond acceptors (Lipinski definition) is 10. The van der Waals surface area contributed by atoms with Crippen LogP contribution in [0.4, 0.5) is 18.0 Å². The minimum Gasteiger partial charge on any atom is -0.475 e. The van der Waals surface area contributed by atoms with Crippen LogP contribution >= 0.6 is 22.7 Å². The minimum absolute atomic E-state index is 0.101. The van der Waals surface area contributed by atoms with Crippen molar-refractivity contribution in [3.63, 3.8) is 0 Å². The van der Waals surface area contributed by atoms with Crippen LogP contribution in [0.2, 0.25) is 0 Å². The SMILES string of the molecule is CN1CCN(C(=O)OC(C)(C)C)CC1c1nc(-c2ccccc2)cs1.CN1CCNCC1c1nc(-c2ccccc2)cs1.O=C(O)C(F)(F)F. The van der Waals surface area contributed by atoms with Crippen molar-refractivity contribution in [2.24, 2.45) is 0 Å². The number of aromatic nitrogens is 2. The third kappa shape index (κ3) is 11.3. The molecule has 2 saturated heterocycles. The fourth-order valence-electron chi connectivity index (χ4n) is 5.08. The average molecular weight is 733 g/mol. The van der Waals surface area contributed by atoms with Gasteiger partial charge < -0.3 is 20.1 Å². The van der Waals surface area contributed by atoms with Crippen molar-refractivity contribution < 1.29 is 32.6 Å². The number of carbonyl (C=O) groups is 2. The molecule has 2 unspecified atom stereocenters. The van der Waals surface area contributed by atoms with Crippen LogP contribution in [-0.4, -0.2) is 107 Å². The molecule has 10 nitrogen and oxygen atoms in total. The number of thiazole rings is 2. The number of benzene rings is 2. The van der Waals surface area contributed by atoms with Crippen LogP contribution in [0.5, 0.6) is 0 Å². The molecular formula is C35H43F3N6O4S2. The lowest BCUT2D eigenvalue weighted by Crippen LogP contribution is -2.50. The van der Waals surface area contributed by atoms with E-state index in [1.165, 1.54) is 10.6 Å². The number of halogens is 3. The van der Waals surface area contributed by atoms with E-state index >= 15 is 0 Å². The average Bonchev–Trinajstić information content (AvgIpc) is 3.77. The molecule has 6 rings (SSSR count). The van der Waals surface area contributed by atoms with Gasteiger partial charge in [-0.1, -0.05) is 60.7 Å². The molecule has 2 atom stereocenters. The van der Waals surface area contributed by atoms with E-state index in [0.29, 0.717) is 19.1 Å². The van der Waals surface area contributed by atoms with Gasteiger partial charge in [-0.05, 0) is 34.9 Å². The lowest BCUT2D eigenvalue weighted by molar-refractivity contribution is -0.192. The normalized spacial score (nSPS) is 18.7. The third-order valence-electron chi connectivity index (χ3n) is 7.81. The van der Waals surface area contributed by atoms with E-state index in [0.717, 1.165) is 48.1 Å². The summed E-state index contributed by atoms with van der Waals surface area (Å²) >= 11 is 3.41. The van der Waals surface area contributed by atoms with Crippen LogP contribution in [0, 0.1) is 0 Å². The van der Waals surface area contributed by atoms with E-state index < -0.39 is 17.7 Å². The number of carboxylic acid groups (broad SMARTS) is 1. The molecule has 1 amide bonds. The Balaban J connectivity index is 0.000000196. The molecule has 0 bridgehead atoms. The highest BCUT2D eigenvalue weighted by atomic mass is 32.1. The first-order chi connectivity index (χ1) is 23.6. The molecule has 15 heteroatoms. The first-order valence-electron chi connectivity index (χ1n) is 16.0. The van der Waals surface area contributed by atoms with Gasteiger partial charge >= 0.3 is 18.2 Å². The summed E-state index contributed by atoms with van der Waals surface area (Å²) in [5, 5.41) is 17.1. The predicted molar refractivity (Wildman–Crippen MR) is 190 cm³/mol. The maximum Gasteiger partial charge on any atom is 0.490 e. The van der Waals surface area contributed by atoms with Crippen molar-refractivity contribution in [3.8, 4) is 22.5 Å². The highest BCUT2D eigenvalue weighted by Gasteiger charge is 2.38. The molecule has 50 heavy (non-hydrogen) atoms. The molecule has 0 aliphatic carbocycles. The maximum absolute atomic E-state index is 12.4. The number of carboxylic acids is 1. The fraction of sp³-hybridized carbons (Fsp3) is 0.429. The van der Waals surface area contributed by atoms with Crippen LogP contribution in [0.25, 0.3) is 22.5 Å². The summed E-state index contributed by atoms with van der Waals surface area (Å²) in [7, 11) is 4.26. The lowest BCUT2D eigenvalue weighted by Gasteiger charge is -2.38. The van der Waals surface area contributed by atoms with Crippen LogP contribution < -0.4 is 5.32 Å². The predicted octanol–water partition coefficient (Wildman–Crippen LogP) is 7.05. The number of piperazine rings is 2. The van der Waals surface area contributed by atoms with Crippen molar-refractivity contribution in [3.05, 3.63) is 81.4 Å². The smallest absolute Gasteiger partial charge is 0.475 e. The number of rotatable bonds is 4. The molecular weight excluding hydrogens is 690 g/mol. The first-order valence-corrected chi connectivity index (χ1v) is 17.8. The van der Waals surface area contributed by atoms with Gasteiger partial charge in [-0.2, -0.15) is 13.2 Å². The third-order valence-corrected chi connectivity index (χ3v) is 9.70. The van der Waals surface area contributed by atoms with Crippen LogP contribution in [0.3, 0.4) is 0 Å². The Hall–Kier alpha value is -3.89. The molecule has 2 fully saturated rings.